The molecule has 1 aliphatic heterocycles. The minimum atomic E-state index is -0.0757. The van der Waals surface area contributed by atoms with Crippen LogP contribution in [0, 0.1) is 0 Å². The fraction of sp³-hybridized carbons (Fsp3) is 0.176. The van der Waals surface area contributed by atoms with Crippen molar-refractivity contribution < 1.29 is 4.79 Å². The number of thiophene rings is 2. The molecule has 0 bridgehead atoms. The van der Waals surface area contributed by atoms with Gasteiger partial charge in [-0.2, -0.15) is 0 Å². The first kappa shape index (κ1) is 14.4. The highest BCUT2D eigenvalue weighted by molar-refractivity contribution is 7.10. The fourth-order valence-corrected chi connectivity index (χ4v) is 4.68. The predicted molar refractivity (Wildman–Crippen MR) is 94.1 cm³/mol. The normalized spacial score (nSPS) is 16.9. The van der Waals surface area contributed by atoms with Gasteiger partial charge in [-0.05, 0) is 47.0 Å². The molecule has 0 saturated heterocycles. The Labute approximate surface area is 142 Å². The average Bonchev–Trinajstić information content (AvgIpc) is 3.26. The molecule has 3 aromatic rings. The van der Waals surface area contributed by atoms with E-state index in [4.69, 9.17) is 0 Å². The summed E-state index contributed by atoms with van der Waals surface area (Å²) in [5.41, 5.74) is 1.98. The summed E-state index contributed by atoms with van der Waals surface area (Å²) in [5, 5.41) is 7.14. The molecule has 4 nitrogen and oxygen atoms in total. The third kappa shape index (κ3) is 2.75. The van der Waals surface area contributed by atoms with E-state index in [-0.39, 0.29) is 12.1 Å². The smallest absolute Gasteiger partial charge is 0.312 e. The molecule has 0 spiro atoms. The number of pyridine rings is 1. The van der Waals surface area contributed by atoms with Gasteiger partial charge in [-0.25, -0.2) is 4.79 Å². The van der Waals surface area contributed by atoms with E-state index in [1.54, 1.807) is 35.1 Å². The van der Waals surface area contributed by atoms with Crippen LogP contribution in [0.3, 0.4) is 0 Å². The molecule has 6 heteroatoms. The highest BCUT2D eigenvalue weighted by atomic mass is 32.1. The summed E-state index contributed by atoms with van der Waals surface area (Å²) in [4.78, 5) is 21.4. The van der Waals surface area contributed by atoms with Crippen LogP contribution in [0.15, 0.2) is 53.5 Å². The topological polar surface area (TPSA) is 45.2 Å². The molecule has 1 N–H and O–H groups in total. The lowest BCUT2D eigenvalue weighted by molar-refractivity contribution is 0.195. The largest absolute Gasteiger partial charge is 0.322 e. The average molecular weight is 341 g/mol. The van der Waals surface area contributed by atoms with Gasteiger partial charge < -0.3 is 10.2 Å². The number of nitrogens with zero attached hydrogens (tertiary/aromatic N) is 2. The van der Waals surface area contributed by atoms with Gasteiger partial charge in [0.1, 0.15) is 0 Å². The van der Waals surface area contributed by atoms with E-state index >= 15 is 0 Å². The van der Waals surface area contributed by atoms with Crippen LogP contribution in [0.4, 0.5) is 10.5 Å². The fourth-order valence-electron chi connectivity index (χ4n) is 2.92. The maximum atomic E-state index is 12.8. The molecular weight excluding hydrogens is 326 g/mol. The molecule has 23 heavy (non-hydrogen) atoms. The van der Waals surface area contributed by atoms with Crippen molar-refractivity contribution >= 4 is 34.4 Å². The molecule has 4 heterocycles. The first-order chi connectivity index (χ1) is 11.3. The van der Waals surface area contributed by atoms with Gasteiger partial charge in [0.25, 0.3) is 0 Å². The van der Waals surface area contributed by atoms with Gasteiger partial charge in [0.05, 0.1) is 17.9 Å². The Balaban J connectivity index is 1.66. The van der Waals surface area contributed by atoms with Crippen molar-refractivity contribution in [3.8, 4) is 0 Å². The van der Waals surface area contributed by atoms with E-state index in [2.05, 4.69) is 33.2 Å². The van der Waals surface area contributed by atoms with Crippen LogP contribution in [0.25, 0.3) is 0 Å². The highest BCUT2D eigenvalue weighted by Crippen LogP contribution is 2.39. The Morgan fingerprint density at radius 1 is 1.22 bits per heavy atom. The second kappa shape index (κ2) is 6.14. The monoisotopic (exact) mass is 341 g/mol. The predicted octanol–water partition coefficient (Wildman–Crippen LogP) is 4.38. The van der Waals surface area contributed by atoms with E-state index in [0.29, 0.717) is 0 Å². The third-order valence-corrected chi connectivity index (χ3v) is 5.87. The summed E-state index contributed by atoms with van der Waals surface area (Å²) >= 11 is 3.47. The second-order valence-electron chi connectivity index (χ2n) is 5.33. The zero-order chi connectivity index (χ0) is 15.6. The van der Waals surface area contributed by atoms with Crippen LogP contribution in [-0.4, -0.2) is 22.5 Å². The number of hydrogen-bond donors (Lipinski definition) is 1. The van der Waals surface area contributed by atoms with Crippen LogP contribution in [0.5, 0.6) is 0 Å². The number of rotatable bonds is 2. The number of carbonyl (C=O) groups excluding carboxylic acids is 1. The lowest BCUT2D eigenvalue weighted by Crippen LogP contribution is -2.42. The summed E-state index contributed by atoms with van der Waals surface area (Å²) in [6.45, 7) is 0.724. The van der Waals surface area contributed by atoms with Crippen LogP contribution in [0.2, 0.25) is 0 Å². The summed E-state index contributed by atoms with van der Waals surface area (Å²) in [7, 11) is 0. The lowest BCUT2D eigenvalue weighted by Gasteiger charge is -2.35. The van der Waals surface area contributed by atoms with Crippen molar-refractivity contribution in [1.82, 2.24) is 9.88 Å². The van der Waals surface area contributed by atoms with Gasteiger partial charge in [-0.3, -0.25) is 4.98 Å². The first-order valence-corrected chi connectivity index (χ1v) is 9.16. The highest BCUT2D eigenvalue weighted by Gasteiger charge is 2.33. The SMILES string of the molecule is O=C(Nc1cccnc1)N1CCc2sccc2[C@@H]1c1cccs1. The standard InChI is InChI=1S/C17H15N3OS2/c21-17(19-12-3-1-7-18-11-12)20-8-5-14-13(6-10-23-14)16(20)15-4-2-9-22-15/h1-4,6-7,9-11,16H,5,8H2,(H,19,21)/t16-/m1/s1. The molecule has 0 saturated carbocycles. The maximum Gasteiger partial charge on any atom is 0.322 e. The van der Waals surface area contributed by atoms with Gasteiger partial charge in [0, 0.05) is 22.5 Å². The second-order valence-corrected chi connectivity index (χ2v) is 7.31. The molecule has 2 amide bonds. The van der Waals surface area contributed by atoms with Gasteiger partial charge in [-0.15, -0.1) is 22.7 Å². The van der Waals surface area contributed by atoms with Crippen molar-refractivity contribution in [2.75, 3.05) is 11.9 Å². The van der Waals surface area contributed by atoms with Crippen molar-refractivity contribution in [3.63, 3.8) is 0 Å². The van der Waals surface area contributed by atoms with E-state index < -0.39 is 0 Å². The number of carbonyl (C=O) groups is 1. The van der Waals surface area contributed by atoms with Crippen LogP contribution in [0.1, 0.15) is 21.4 Å². The summed E-state index contributed by atoms with van der Waals surface area (Å²) in [6.07, 6.45) is 4.27. The van der Waals surface area contributed by atoms with Crippen molar-refractivity contribution in [2.24, 2.45) is 0 Å². The van der Waals surface area contributed by atoms with Gasteiger partial charge in [0.2, 0.25) is 0 Å². The van der Waals surface area contributed by atoms with Crippen LogP contribution >= 0.6 is 22.7 Å². The number of nitrogens with one attached hydrogen (secondary N) is 1. The van der Waals surface area contributed by atoms with Crippen LogP contribution < -0.4 is 5.32 Å². The van der Waals surface area contributed by atoms with E-state index in [1.165, 1.54) is 15.3 Å². The number of hydrogen-bond acceptors (Lipinski definition) is 4. The Hall–Kier alpha value is -2.18. The minimum absolute atomic E-state index is 0.00155. The summed E-state index contributed by atoms with van der Waals surface area (Å²) in [6, 6.07) is 9.89. The number of aromatic nitrogens is 1. The number of amides is 2. The Kier molecular flexibility index (Phi) is 3.85. The van der Waals surface area contributed by atoms with Gasteiger partial charge >= 0.3 is 6.03 Å². The number of anilines is 1. The lowest BCUT2D eigenvalue weighted by atomic mass is 9.99. The van der Waals surface area contributed by atoms with Crippen molar-refractivity contribution in [2.45, 2.75) is 12.5 Å². The molecule has 0 unspecified atom stereocenters. The molecule has 0 aromatic carbocycles. The maximum absolute atomic E-state index is 12.8. The van der Waals surface area contributed by atoms with Gasteiger partial charge in [0.15, 0.2) is 0 Å². The Bertz CT molecular complexity index is 798. The van der Waals surface area contributed by atoms with E-state index in [0.717, 1.165) is 18.7 Å². The van der Waals surface area contributed by atoms with Crippen molar-refractivity contribution in [1.29, 1.82) is 0 Å². The van der Waals surface area contributed by atoms with Gasteiger partial charge in [-0.1, -0.05) is 6.07 Å². The van der Waals surface area contributed by atoms with Crippen LogP contribution in [-0.2, 0) is 6.42 Å². The molecule has 1 aliphatic rings. The molecule has 0 fully saturated rings. The number of fused-ring (bicyclic) bond motifs is 1. The molecule has 4 rings (SSSR count). The quantitative estimate of drug-likeness (QED) is 0.751. The third-order valence-electron chi connectivity index (χ3n) is 3.95. The molecule has 116 valence electrons. The van der Waals surface area contributed by atoms with Crippen molar-refractivity contribution in [3.05, 3.63) is 68.8 Å². The molecule has 1 atom stereocenters. The first-order valence-electron chi connectivity index (χ1n) is 7.40. The zero-order valence-corrected chi connectivity index (χ0v) is 13.9. The van der Waals surface area contributed by atoms with E-state index in [1.807, 2.05) is 23.1 Å². The molecule has 3 aromatic heterocycles. The Morgan fingerprint density at radius 2 is 2.17 bits per heavy atom. The molecule has 0 radical (unpaired) electrons. The summed E-state index contributed by atoms with van der Waals surface area (Å²) in [5.74, 6) is 0. The number of urea groups is 1. The molecular formula is C17H15N3OS2. The van der Waals surface area contributed by atoms with E-state index in [9.17, 15) is 4.79 Å². The Morgan fingerprint density at radius 3 is 2.96 bits per heavy atom. The minimum Gasteiger partial charge on any atom is -0.312 e. The zero-order valence-electron chi connectivity index (χ0n) is 12.3. The molecule has 0 aliphatic carbocycles. The summed E-state index contributed by atoms with van der Waals surface area (Å²) < 4.78 is 0.